The molecule has 0 fully saturated rings. The minimum Gasteiger partial charge on any atom is -0.491 e. The summed E-state index contributed by atoms with van der Waals surface area (Å²) in [7, 11) is 0. The predicted octanol–water partition coefficient (Wildman–Crippen LogP) is 3.68. The lowest BCUT2D eigenvalue weighted by molar-refractivity contribution is 0.195. The Balaban J connectivity index is 1.86. The molecule has 1 atom stereocenters. The minimum atomic E-state index is -0.466. The molecule has 1 aromatic carbocycles. The molecule has 1 heterocycles. The van der Waals surface area contributed by atoms with Gasteiger partial charge in [0, 0.05) is 17.1 Å². The summed E-state index contributed by atoms with van der Waals surface area (Å²) >= 11 is 1.57. The summed E-state index contributed by atoms with van der Waals surface area (Å²) in [6, 6.07) is 11.7. The van der Waals surface area contributed by atoms with Gasteiger partial charge in [-0.1, -0.05) is 6.07 Å². The van der Waals surface area contributed by atoms with Crippen LogP contribution >= 0.6 is 11.3 Å². The second kappa shape index (κ2) is 6.59. The summed E-state index contributed by atoms with van der Waals surface area (Å²) in [5.74, 6) is 0.861. The van der Waals surface area contributed by atoms with E-state index in [-0.39, 0.29) is 6.10 Å². The molecule has 0 amide bonds. The summed E-state index contributed by atoms with van der Waals surface area (Å²) in [5, 5.41) is 15.2. The molecule has 2 N–H and O–H groups in total. The van der Waals surface area contributed by atoms with Crippen molar-refractivity contribution in [1.82, 2.24) is 0 Å². The third-order valence-electron chi connectivity index (χ3n) is 2.60. The van der Waals surface area contributed by atoms with Crippen molar-refractivity contribution in [2.75, 3.05) is 11.9 Å². The van der Waals surface area contributed by atoms with Crippen LogP contribution in [0.15, 0.2) is 41.8 Å². The van der Waals surface area contributed by atoms with Crippen LogP contribution in [0, 0.1) is 0 Å². The average Bonchev–Trinajstić information content (AvgIpc) is 2.91. The number of aliphatic hydroxyl groups is 1. The summed E-state index contributed by atoms with van der Waals surface area (Å²) in [6.07, 6.45) is -0.286. The molecule has 2 aromatic rings. The molecule has 0 radical (unpaired) electrons. The lowest BCUT2D eigenvalue weighted by Gasteiger charge is -2.13. The third kappa shape index (κ3) is 4.26. The monoisotopic (exact) mass is 277 g/mol. The number of ether oxygens (including phenoxy) is 1. The largest absolute Gasteiger partial charge is 0.491 e. The lowest BCUT2D eigenvalue weighted by Crippen LogP contribution is -2.11. The first-order chi connectivity index (χ1) is 9.15. The Labute approximate surface area is 117 Å². The molecule has 0 bridgehead atoms. The van der Waals surface area contributed by atoms with E-state index in [0.29, 0.717) is 6.54 Å². The van der Waals surface area contributed by atoms with Gasteiger partial charge in [-0.05, 0) is 49.6 Å². The maximum absolute atomic E-state index is 9.97. The normalized spacial score (nSPS) is 12.4. The predicted molar refractivity (Wildman–Crippen MR) is 80.0 cm³/mol. The van der Waals surface area contributed by atoms with Crippen LogP contribution in [0.25, 0.3) is 0 Å². The van der Waals surface area contributed by atoms with Gasteiger partial charge in [-0.15, -0.1) is 11.3 Å². The number of benzene rings is 1. The van der Waals surface area contributed by atoms with Gasteiger partial charge >= 0.3 is 0 Å². The van der Waals surface area contributed by atoms with E-state index in [1.54, 1.807) is 11.3 Å². The topological polar surface area (TPSA) is 41.5 Å². The number of nitrogens with one attached hydrogen (secondary N) is 1. The van der Waals surface area contributed by atoms with Crippen molar-refractivity contribution in [1.29, 1.82) is 0 Å². The number of hydrogen-bond acceptors (Lipinski definition) is 4. The number of thiophene rings is 1. The molecule has 19 heavy (non-hydrogen) atoms. The van der Waals surface area contributed by atoms with Gasteiger partial charge in [0.15, 0.2) is 0 Å². The number of rotatable bonds is 6. The smallest absolute Gasteiger partial charge is 0.119 e. The third-order valence-corrected chi connectivity index (χ3v) is 3.57. The summed E-state index contributed by atoms with van der Waals surface area (Å²) < 4.78 is 5.58. The van der Waals surface area contributed by atoms with Gasteiger partial charge in [-0.2, -0.15) is 0 Å². The van der Waals surface area contributed by atoms with Gasteiger partial charge < -0.3 is 15.2 Å². The Kier molecular flexibility index (Phi) is 4.82. The van der Waals surface area contributed by atoms with Crippen molar-refractivity contribution in [2.24, 2.45) is 0 Å². The van der Waals surface area contributed by atoms with Gasteiger partial charge in [-0.3, -0.25) is 0 Å². The lowest BCUT2D eigenvalue weighted by atomic mass is 10.2. The molecular weight excluding hydrogens is 258 g/mol. The van der Waals surface area contributed by atoms with E-state index in [9.17, 15) is 5.11 Å². The first kappa shape index (κ1) is 13.9. The maximum Gasteiger partial charge on any atom is 0.119 e. The highest BCUT2D eigenvalue weighted by Gasteiger charge is 2.07. The number of aliphatic hydroxyl groups excluding tert-OH is 1. The fraction of sp³-hybridized carbons (Fsp3) is 0.333. The first-order valence-corrected chi connectivity index (χ1v) is 7.25. The molecule has 1 unspecified atom stereocenters. The van der Waals surface area contributed by atoms with Crippen LogP contribution in [-0.2, 0) is 0 Å². The highest BCUT2D eigenvalue weighted by molar-refractivity contribution is 7.10. The fourth-order valence-electron chi connectivity index (χ4n) is 1.72. The van der Waals surface area contributed by atoms with E-state index in [2.05, 4.69) is 5.32 Å². The molecule has 4 heteroatoms. The van der Waals surface area contributed by atoms with Crippen LogP contribution in [0.5, 0.6) is 5.75 Å². The quantitative estimate of drug-likeness (QED) is 0.846. The molecule has 102 valence electrons. The van der Waals surface area contributed by atoms with Crippen LogP contribution in [0.3, 0.4) is 0 Å². The van der Waals surface area contributed by atoms with Crippen LogP contribution < -0.4 is 10.1 Å². The summed E-state index contributed by atoms with van der Waals surface area (Å²) in [5.41, 5.74) is 0.978. The van der Waals surface area contributed by atoms with E-state index >= 15 is 0 Å². The summed E-state index contributed by atoms with van der Waals surface area (Å²) in [4.78, 5) is 0.979. The minimum absolute atomic E-state index is 0.180. The molecule has 2 rings (SSSR count). The summed E-state index contributed by atoms with van der Waals surface area (Å²) in [6.45, 7) is 4.51. The number of anilines is 1. The fourth-order valence-corrected chi connectivity index (χ4v) is 2.43. The molecule has 0 aliphatic heterocycles. The maximum atomic E-state index is 9.97. The van der Waals surface area contributed by atoms with Crippen LogP contribution in [0.1, 0.15) is 24.8 Å². The molecule has 1 aromatic heterocycles. The van der Waals surface area contributed by atoms with Crippen LogP contribution in [0.2, 0.25) is 0 Å². The molecule has 0 spiro atoms. The van der Waals surface area contributed by atoms with Crippen LogP contribution in [-0.4, -0.2) is 17.8 Å². The van der Waals surface area contributed by atoms with Gasteiger partial charge in [0.1, 0.15) is 11.9 Å². The zero-order chi connectivity index (χ0) is 13.7. The van der Waals surface area contributed by atoms with E-state index in [0.717, 1.165) is 16.3 Å². The first-order valence-electron chi connectivity index (χ1n) is 6.37. The van der Waals surface area contributed by atoms with E-state index in [1.165, 1.54) is 0 Å². The van der Waals surface area contributed by atoms with Gasteiger partial charge in [-0.25, -0.2) is 0 Å². The van der Waals surface area contributed by atoms with Crippen molar-refractivity contribution in [2.45, 2.75) is 26.1 Å². The van der Waals surface area contributed by atoms with Crippen molar-refractivity contribution >= 4 is 17.0 Å². The molecule has 0 saturated carbocycles. The van der Waals surface area contributed by atoms with Gasteiger partial charge in [0.2, 0.25) is 0 Å². The molecule has 0 saturated heterocycles. The van der Waals surface area contributed by atoms with Crippen LogP contribution in [0.4, 0.5) is 5.69 Å². The Morgan fingerprint density at radius 2 is 1.95 bits per heavy atom. The van der Waals surface area contributed by atoms with Crippen molar-refractivity contribution < 1.29 is 9.84 Å². The van der Waals surface area contributed by atoms with E-state index in [4.69, 9.17) is 4.74 Å². The van der Waals surface area contributed by atoms with Crippen molar-refractivity contribution in [3.63, 3.8) is 0 Å². The van der Waals surface area contributed by atoms with Gasteiger partial charge in [0.25, 0.3) is 0 Å². The Morgan fingerprint density at radius 1 is 1.21 bits per heavy atom. The van der Waals surface area contributed by atoms with Gasteiger partial charge in [0.05, 0.1) is 6.10 Å². The SMILES string of the molecule is CC(C)Oc1ccc(NCC(O)c2cccs2)cc1. The second-order valence-electron chi connectivity index (χ2n) is 4.60. The average molecular weight is 277 g/mol. The Hall–Kier alpha value is -1.52. The molecule has 3 nitrogen and oxygen atoms in total. The zero-order valence-corrected chi connectivity index (χ0v) is 12.0. The molecule has 0 aliphatic rings. The highest BCUT2D eigenvalue weighted by atomic mass is 32.1. The Bertz CT molecular complexity index is 479. The molecular formula is C15H19NO2S. The van der Waals surface area contributed by atoms with E-state index in [1.807, 2.05) is 55.6 Å². The van der Waals surface area contributed by atoms with Crippen molar-refractivity contribution in [3.05, 3.63) is 46.7 Å². The second-order valence-corrected chi connectivity index (χ2v) is 5.58. The highest BCUT2D eigenvalue weighted by Crippen LogP contribution is 2.21. The molecule has 0 aliphatic carbocycles. The van der Waals surface area contributed by atoms with E-state index < -0.39 is 6.10 Å². The van der Waals surface area contributed by atoms with Crippen molar-refractivity contribution in [3.8, 4) is 5.75 Å². The standard InChI is InChI=1S/C15H19NO2S/c1-11(2)18-13-7-5-12(6-8-13)16-10-14(17)15-4-3-9-19-15/h3-9,11,14,16-17H,10H2,1-2H3. The number of hydrogen-bond donors (Lipinski definition) is 2. The Morgan fingerprint density at radius 3 is 2.53 bits per heavy atom. The zero-order valence-electron chi connectivity index (χ0n) is 11.2.